The van der Waals surface area contributed by atoms with Crippen LogP contribution in [-0.4, -0.2) is 152 Å². The molecule has 2 heterocycles. The smallest absolute Gasteiger partial charge is 0.339 e. The van der Waals surface area contributed by atoms with Crippen molar-refractivity contribution in [2.24, 2.45) is 16.2 Å². The molecule has 0 unspecified atom stereocenters. The van der Waals surface area contributed by atoms with Crippen LogP contribution in [0.3, 0.4) is 0 Å². The lowest BCUT2D eigenvalue weighted by atomic mass is 9.84. The highest BCUT2D eigenvalue weighted by molar-refractivity contribution is 6.31. The number of hydrogen-bond acceptors (Lipinski definition) is 17. The first kappa shape index (κ1) is 101. The van der Waals surface area contributed by atoms with Crippen LogP contribution in [0.4, 0.5) is 17.6 Å². The van der Waals surface area contributed by atoms with Crippen molar-refractivity contribution in [2.75, 3.05) is 27.4 Å². The van der Waals surface area contributed by atoms with Crippen molar-refractivity contribution in [1.29, 1.82) is 0 Å². The number of carbonyl (C=O) groups is 13. The summed E-state index contributed by atoms with van der Waals surface area (Å²) in [6.45, 7) is 18.3. The van der Waals surface area contributed by atoms with E-state index in [1.807, 2.05) is 0 Å². The number of ether oxygens (including phenoxy) is 4. The van der Waals surface area contributed by atoms with Gasteiger partial charge < -0.3 is 55.3 Å². The van der Waals surface area contributed by atoms with Crippen LogP contribution in [0, 0.1) is 53.4 Å². The van der Waals surface area contributed by atoms with Gasteiger partial charge in [0, 0.05) is 102 Å². The van der Waals surface area contributed by atoms with Gasteiger partial charge in [-0.1, -0.05) is 110 Å². The zero-order chi connectivity index (χ0) is 95.4. The minimum atomic E-state index is -1.46. The first-order valence-corrected chi connectivity index (χ1v) is 41.7. The standard InChI is InChI=1S/C50H52ClF2N3O11.C28H31ClN2O6.C19H18F2O4/c1-28-36(37-25-34(66-5)17-20-42(37)56(28)47(61)29-11-14-31(51)15-12-29)26-45(59)55-41(49(64)65)19-22-44(58)54-40(46(60)50(2,3)4)10-8-6-7-9-33(57)27-67-43-21-13-30(23-38(43)48(62)63)35-18-16-32(52)24-39(35)53;1-16-20(15-25(33)30-22(27(35)36)11-13-24(32)28(2,3)4)21-14-19(37-5)10-12-23(21)31(16)26(34)17-6-8-18(29)9-7-17;1-19(2,3)17(22)10-25-16-7-4-11(8-14(16)18(23)24)13-6-5-12(20)9-15(13)21/h11-18,20-21,23-25,40-41H,6-10,19,22,26-27H2,1-5H3,(H,54,58)(H,55,59)(H,62,63)(H,64,65);6-10,12,14,22H,11,13,15H2,1-5H3,(H,30,33)(H,35,36);4-9H,10H2,1-3H3,(H,23,24)/t40-,41-;22-;/m00./s1. The van der Waals surface area contributed by atoms with E-state index in [9.17, 15) is 100 Å². The van der Waals surface area contributed by atoms with Crippen molar-refractivity contribution >= 4 is 122 Å². The number of benzene rings is 8. The summed E-state index contributed by atoms with van der Waals surface area (Å²) in [5.74, 6) is -10.8. The number of aliphatic carboxylic acids is 2. The molecule has 3 amide bonds. The number of fused-ring (bicyclic) bond motifs is 2. The highest BCUT2D eigenvalue weighted by Gasteiger charge is 2.34. The van der Waals surface area contributed by atoms with Gasteiger partial charge in [-0.15, -0.1) is 0 Å². The van der Waals surface area contributed by atoms with E-state index in [4.69, 9.17) is 42.1 Å². The lowest BCUT2D eigenvalue weighted by molar-refractivity contribution is -0.142. The molecule has 8 aromatic carbocycles. The quantitative estimate of drug-likeness (QED) is 0.0142. The molecule has 0 bridgehead atoms. The maximum Gasteiger partial charge on any atom is 0.339 e. The van der Waals surface area contributed by atoms with Crippen LogP contribution in [0.1, 0.15) is 184 Å². The summed E-state index contributed by atoms with van der Waals surface area (Å²) in [6.07, 6.45) is 0.567. The van der Waals surface area contributed by atoms with Crippen LogP contribution in [-0.2, 0) is 56.0 Å². The number of unbranched alkanes of at least 4 members (excludes halogenated alkanes) is 2. The van der Waals surface area contributed by atoms with E-state index in [-0.39, 0.29) is 138 Å². The van der Waals surface area contributed by atoms with E-state index in [0.717, 1.165) is 18.2 Å². The highest BCUT2D eigenvalue weighted by Crippen LogP contribution is 2.37. The van der Waals surface area contributed by atoms with Gasteiger partial charge in [0.2, 0.25) is 17.7 Å². The number of carboxylic acid groups (broad SMARTS) is 4. The Kier molecular flexibility index (Phi) is 34.8. The predicted molar refractivity (Wildman–Crippen MR) is 476 cm³/mol. The van der Waals surface area contributed by atoms with Gasteiger partial charge in [-0.25, -0.2) is 36.7 Å². The topological polar surface area (TPSA) is 386 Å². The Labute approximate surface area is 751 Å². The fourth-order valence-electron chi connectivity index (χ4n) is 13.8. The Morgan fingerprint density at radius 3 is 1.20 bits per heavy atom. The summed E-state index contributed by atoms with van der Waals surface area (Å²) < 4.78 is 79.2. The van der Waals surface area contributed by atoms with Gasteiger partial charge in [0.25, 0.3) is 11.8 Å². The Morgan fingerprint density at radius 2 is 0.822 bits per heavy atom. The van der Waals surface area contributed by atoms with Gasteiger partial charge in [0.1, 0.15) is 88.5 Å². The Morgan fingerprint density at radius 1 is 0.419 bits per heavy atom. The number of Topliss-reactive ketones (excluding diaryl/α,β-unsaturated/α-hetero) is 4. The number of aromatic carboxylic acids is 2. The third-order valence-electron chi connectivity index (χ3n) is 21.1. The average Bonchev–Trinajstić information content (AvgIpc) is 1.60. The van der Waals surface area contributed by atoms with Crippen LogP contribution in [0.5, 0.6) is 23.0 Å². The molecule has 0 aliphatic rings. The van der Waals surface area contributed by atoms with Gasteiger partial charge in [-0.2, -0.15) is 0 Å². The van der Waals surface area contributed by atoms with Gasteiger partial charge in [-0.3, -0.25) is 52.3 Å². The van der Waals surface area contributed by atoms with E-state index < -0.39 is 106 Å². The van der Waals surface area contributed by atoms with Crippen molar-refractivity contribution < 1.29 is 119 Å². The second-order valence-electron chi connectivity index (χ2n) is 33.6. The molecule has 0 spiro atoms. The Bertz CT molecular complexity index is 5920. The van der Waals surface area contributed by atoms with Gasteiger partial charge in [0.05, 0.1) is 44.1 Å². The summed E-state index contributed by atoms with van der Waals surface area (Å²) in [5, 5.41) is 48.7. The number of carbonyl (C=O) groups excluding carboxylic acids is 9. The van der Waals surface area contributed by atoms with Gasteiger partial charge in [0.15, 0.2) is 17.3 Å². The normalized spacial score (nSPS) is 12.1. The molecule has 0 radical (unpaired) electrons. The van der Waals surface area contributed by atoms with Crippen molar-refractivity contribution in [1.82, 2.24) is 25.1 Å². The van der Waals surface area contributed by atoms with Crippen LogP contribution in [0.25, 0.3) is 44.1 Å². The lowest BCUT2D eigenvalue weighted by Gasteiger charge is -2.26. The third kappa shape index (κ3) is 27.3. The Balaban J connectivity index is 0.000000275. The minimum absolute atomic E-state index is 0.0101. The van der Waals surface area contributed by atoms with Crippen molar-refractivity contribution in [3.8, 4) is 45.3 Å². The molecule has 10 rings (SSSR count). The second-order valence-corrected chi connectivity index (χ2v) is 34.5. The molecule has 0 fully saturated rings. The summed E-state index contributed by atoms with van der Waals surface area (Å²) >= 11 is 12.0. The van der Waals surface area contributed by atoms with Gasteiger partial charge >= 0.3 is 23.9 Å². The molecular weight excluding hydrogens is 1720 g/mol. The van der Waals surface area contributed by atoms with Crippen LogP contribution < -0.4 is 34.9 Å². The highest BCUT2D eigenvalue weighted by atomic mass is 35.5. The third-order valence-corrected chi connectivity index (χ3v) is 21.6. The number of halogens is 6. The Hall–Kier alpha value is -13.4. The molecule has 2 aromatic heterocycles. The van der Waals surface area contributed by atoms with Crippen molar-refractivity contribution in [3.05, 3.63) is 236 Å². The molecule has 682 valence electrons. The number of carboxylic acids is 4. The fourth-order valence-corrected chi connectivity index (χ4v) is 14.0. The zero-order valence-electron chi connectivity index (χ0n) is 73.3. The van der Waals surface area contributed by atoms with E-state index in [2.05, 4.69) is 16.0 Å². The molecule has 7 N–H and O–H groups in total. The predicted octanol–water partition coefficient (Wildman–Crippen LogP) is 17.7. The number of rotatable bonds is 36. The molecular formula is C97H101Cl2F4N5O21. The zero-order valence-corrected chi connectivity index (χ0v) is 74.8. The number of amides is 3. The summed E-state index contributed by atoms with van der Waals surface area (Å²) in [7, 11) is 3.00. The summed E-state index contributed by atoms with van der Waals surface area (Å²) in [6, 6.07) is 33.4. The molecule has 10 aromatic rings. The molecule has 129 heavy (non-hydrogen) atoms. The van der Waals surface area contributed by atoms with Gasteiger partial charge in [-0.05, 0) is 195 Å². The lowest BCUT2D eigenvalue weighted by Crippen LogP contribution is -2.46. The van der Waals surface area contributed by atoms with E-state index >= 15 is 0 Å². The van der Waals surface area contributed by atoms with Crippen molar-refractivity contribution in [2.45, 2.75) is 165 Å². The number of methoxy groups -OCH3 is 2. The van der Waals surface area contributed by atoms with E-state index in [1.165, 1.54) is 71.9 Å². The first-order valence-electron chi connectivity index (χ1n) is 40.9. The number of nitrogens with zero attached hydrogens (tertiary/aromatic N) is 2. The maximum absolute atomic E-state index is 14.3. The van der Waals surface area contributed by atoms with Crippen molar-refractivity contribution in [3.63, 3.8) is 0 Å². The van der Waals surface area contributed by atoms with Crippen LogP contribution in [0.15, 0.2) is 158 Å². The molecule has 3 atom stereocenters. The largest absolute Gasteiger partial charge is 0.497 e. The second kappa shape index (κ2) is 44.4. The molecule has 0 saturated heterocycles. The SMILES string of the molecule is CC(C)(C)C(=O)COc1ccc(-c2ccc(F)cc2F)cc1C(=O)O.COc1ccc2c(c1)c(CC(=O)N[C@@H](CCC(=O)C(C)(C)C)C(=O)O)c(C)n2C(=O)c1ccc(Cl)cc1.COc1ccc2c(c1)c(CC(=O)N[C@@H](CCC(=O)N[C@@H](CCCCCC(=O)COc1ccc(-c3ccc(F)cc3F)cc1C(=O)O)C(=O)C(C)(C)C)C(=O)O)c(C)n2C(=O)c1ccc(Cl)cc1. The van der Waals surface area contributed by atoms with E-state index in [0.29, 0.717) is 102 Å². The number of hydrogen-bond donors (Lipinski definition) is 7. The molecule has 0 aliphatic heterocycles. The fraction of sp³-hybridized carbons (Fsp3) is 0.330. The summed E-state index contributed by atoms with van der Waals surface area (Å²) in [5.41, 5.74) is 1.87. The monoisotopic (exact) mass is 1820 g/mol. The molecule has 0 saturated carbocycles. The number of aromatic nitrogens is 2. The molecule has 32 heteroatoms. The maximum atomic E-state index is 14.3. The van der Waals surface area contributed by atoms with Crippen LogP contribution in [0.2, 0.25) is 10.0 Å². The summed E-state index contributed by atoms with van der Waals surface area (Å²) in [4.78, 5) is 165. The van der Waals surface area contributed by atoms with E-state index in [1.54, 1.807) is 161 Å². The minimum Gasteiger partial charge on any atom is -0.497 e. The molecule has 26 nitrogen and oxygen atoms in total. The average molecular weight is 1820 g/mol. The number of nitrogens with one attached hydrogen (secondary N) is 3. The molecule has 0 aliphatic carbocycles. The van der Waals surface area contributed by atoms with Crippen LogP contribution >= 0.6 is 23.2 Å². The number of ketones is 4. The first-order chi connectivity index (χ1) is 60.6.